The molecular formula is C49H54FN5O4. The van der Waals surface area contributed by atoms with Gasteiger partial charge in [0.25, 0.3) is 11.8 Å². The maximum atomic E-state index is 16.1. The summed E-state index contributed by atoms with van der Waals surface area (Å²) in [7, 11) is 1.50. The number of carbonyl (C=O) groups is 3. The Balaban J connectivity index is 0.766. The number of likely N-dealkylation sites (N-methyl/N-ethyl adjacent to an activating group) is 1. The molecule has 5 aliphatic rings. The Kier molecular flexibility index (Phi) is 10.6. The van der Waals surface area contributed by atoms with Crippen molar-refractivity contribution in [3.8, 4) is 5.75 Å². The van der Waals surface area contributed by atoms with Gasteiger partial charge in [-0.2, -0.15) is 0 Å². The number of halogens is 1. The lowest BCUT2D eigenvalue weighted by Crippen LogP contribution is -2.64. The molecule has 9 nitrogen and oxygen atoms in total. The second-order valence-electron chi connectivity index (χ2n) is 17.5. The molecule has 1 unspecified atom stereocenters. The van der Waals surface area contributed by atoms with Crippen molar-refractivity contribution in [3.05, 3.63) is 142 Å². The van der Waals surface area contributed by atoms with Gasteiger partial charge in [0, 0.05) is 71.0 Å². The van der Waals surface area contributed by atoms with Crippen LogP contribution < -0.4 is 10.2 Å². The third-order valence-corrected chi connectivity index (χ3v) is 13.6. The van der Waals surface area contributed by atoms with Crippen molar-refractivity contribution in [2.75, 3.05) is 51.2 Å². The molecule has 3 amide bonds. The molecule has 2 saturated heterocycles. The average molecular weight is 796 g/mol. The third-order valence-electron chi connectivity index (χ3n) is 13.6. The van der Waals surface area contributed by atoms with Gasteiger partial charge in [0.15, 0.2) is 0 Å². The number of aromatic hydroxyl groups is 1. The zero-order valence-electron chi connectivity index (χ0n) is 33.9. The van der Waals surface area contributed by atoms with Crippen LogP contribution in [0.1, 0.15) is 98.0 Å². The first kappa shape index (κ1) is 39.2. The van der Waals surface area contributed by atoms with Gasteiger partial charge in [0.2, 0.25) is 5.91 Å². The lowest BCUT2D eigenvalue weighted by Gasteiger charge is -2.48. The fraction of sp³-hybridized carbons (Fsp3) is 0.408. The fourth-order valence-corrected chi connectivity index (χ4v) is 10.7. The summed E-state index contributed by atoms with van der Waals surface area (Å²) in [6, 6.07) is 28.5. The Morgan fingerprint density at radius 1 is 0.881 bits per heavy atom. The standard InChI is InChI=1S/C49H54FN5O4/c1-3-4-10-44(46(57)51-2)55-47(58)42-24-36-27-52(28-37(36)25-43(42)48(55)59)29-49(50)30-53(31-49)26-32-19-21-54(22-20-32)38-14-11-34(12-15-38)45-40(33-8-6-5-7-9-33)17-13-35-23-39(56)16-18-41(35)45/h3,5-9,11-12,14-16,18,23-25,32,40,44-45,56H,1,4,10,13,17,19-22,26-31H2,2H3,(H,51,57)/t40-,44?,45+/m1/s1. The highest BCUT2D eigenvalue weighted by molar-refractivity contribution is 6.23. The first-order chi connectivity index (χ1) is 28.6. The number of rotatable bonds is 12. The normalized spacial score (nSPS) is 22.1. The Bertz CT molecular complexity index is 2200. The van der Waals surface area contributed by atoms with Gasteiger partial charge in [-0.3, -0.25) is 29.1 Å². The zero-order chi connectivity index (χ0) is 40.8. The van der Waals surface area contributed by atoms with E-state index in [1.807, 2.05) is 12.1 Å². The summed E-state index contributed by atoms with van der Waals surface area (Å²) in [5.41, 5.74) is 7.69. The number of carbonyl (C=O) groups excluding carboxylic acids is 3. The Labute approximate surface area is 346 Å². The molecule has 59 heavy (non-hydrogen) atoms. The summed E-state index contributed by atoms with van der Waals surface area (Å²) in [5, 5.41) is 12.8. The third kappa shape index (κ3) is 7.57. The second kappa shape index (κ2) is 16.0. The Morgan fingerprint density at radius 2 is 1.56 bits per heavy atom. The lowest BCUT2D eigenvalue weighted by molar-refractivity contribution is -0.124. The molecule has 4 aromatic rings. The zero-order valence-corrected chi connectivity index (χ0v) is 33.9. The lowest BCUT2D eigenvalue weighted by atomic mass is 9.69. The van der Waals surface area contributed by atoms with Crippen LogP contribution in [0.5, 0.6) is 5.75 Å². The number of amides is 3. The number of piperidine rings is 1. The van der Waals surface area contributed by atoms with Gasteiger partial charge in [0.05, 0.1) is 11.1 Å². The van der Waals surface area contributed by atoms with Crippen LogP contribution in [0.15, 0.2) is 97.6 Å². The number of likely N-dealkylation sites (tertiary alicyclic amines) is 1. The predicted octanol–water partition coefficient (Wildman–Crippen LogP) is 7.19. The number of phenols is 1. The Hall–Kier alpha value is -5.32. The molecule has 1 aliphatic carbocycles. The van der Waals surface area contributed by atoms with Crippen LogP contribution in [0.25, 0.3) is 0 Å². The van der Waals surface area contributed by atoms with E-state index in [1.54, 1.807) is 18.2 Å². The van der Waals surface area contributed by atoms with Crippen LogP contribution in [0.3, 0.4) is 0 Å². The highest BCUT2D eigenvalue weighted by Crippen LogP contribution is 2.47. The minimum Gasteiger partial charge on any atom is -0.508 e. The summed E-state index contributed by atoms with van der Waals surface area (Å²) >= 11 is 0. The van der Waals surface area contributed by atoms with Crippen molar-refractivity contribution in [2.45, 2.75) is 75.2 Å². The van der Waals surface area contributed by atoms with Crippen LogP contribution in [-0.2, 0) is 24.3 Å². The number of aryl methyl sites for hydroxylation is 1. The number of imide groups is 1. The maximum Gasteiger partial charge on any atom is 0.262 e. The van der Waals surface area contributed by atoms with Gasteiger partial charge in [-0.25, -0.2) is 4.39 Å². The minimum absolute atomic E-state index is 0.230. The number of phenolic OH excluding ortho intramolecular Hbond substituents is 1. The van der Waals surface area contributed by atoms with E-state index in [0.717, 1.165) is 61.3 Å². The molecule has 3 atom stereocenters. The van der Waals surface area contributed by atoms with Gasteiger partial charge < -0.3 is 15.3 Å². The van der Waals surface area contributed by atoms with Crippen LogP contribution >= 0.6 is 0 Å². The monoisotopic (exact) mass is 795 g/mol. The summed E-state index contributed by atoms with van der Waals surface area (Å²) in [6.45, 7) is 8.79. The van der Waals surface area contributed by atoms with Crippen molar-refractivity contribution in [1.82, 2.24) is 20.0 Å². The largest absolute Gasteiger partial charge is 0.508 e. The highest BCUT2D eigenvalue weighted by Gasteiger charge is 2.47. The molecule has 4 aliphatic heterocycles. The molecule has 4 aromatic carbocycles. The molecule has 0 spiro atoms. The van der Waals surface area contributed by atoms with Gasteiger partial charge in [-0.05, 0) is 120 Å². The van der Waals surface area contributed by atoms with Crippen molar-refractivity contribution < 1.29 is 23.9 Å². The van der Waals surface area contributed by atoms with E-state index in [4.69, 9.17) is 0 Å². The topological polar surface area (TPSA) is 96.4 Å². The number of allylic oxidation sites excluding steroid dienone is 1. The quantitative estimate of drug-likeness (QED) is 0.116. The molecular weight excluding hydrogens is 742 g/mol. The van der Waals surface area contributed by atoms with Gasteiger partial charge in [-0.15, -0.1) is 6.58 Å². The SMILES string of the molecule is C=CCCC(C(=O)NC)N1C(=O)c2cc3c(cc2C1=O)CN(CC1(F)CN(CC2CCN(c4ccc([C@@H]5c6ccc(O)cc6CC[C@@H]5c5ccccc5)cc4)CC2)C1)C3. The molecule has 2 N–H and O–H groups in total. The van der Waals surface area contributed by atoms with Gasteiger partial charge in [-0.1, -0.05) is 54.6 Å². The van der Waals surface area contributed by atoms with E-state index >= 15 is 4.39 Å². The van der Waals surface area contributed by atoms with E-state index in [0.29, 0.717) is 74.3 Å². The number of anilines is 1. The fourth-order valence-electron chi connectivity index (χ4n) is 10.7. The number of hydrogen-bond donors (Lipinski definition) is 2. The van der Waals surface area contributed by atoms with E-state index in [-0.39, 0.29) is 11.8 Å². The number of hydrogen-bond acceptors (Lipinski definition) is 7. The molecule has 2 fully saturated rings. The second-order valence-corrected chi connectivity index (χ2v) is 17.5. The molecule has 306 valence electrons. The average Bonchev–Trinajstić information content (AvgIpc) is 3.74. The molecule has 0 bridgehead atoms. The highest BCUT2D eigenvalue weighted by atomic mass is 19.1. The molecule has 10 heteroatoms. The number of nitrogens with one attached hydrogen (secondary N) is 1. The van der Waals surface area contributed by atoms with Crippen LogP contribution in [0.2, 0.25) is 0 Å². The van der Waals surface area contributed by atoms with Crippen molar-refractivity contribution in [3.63, 3.8) is 0 Å². The van der Waals surface area contributed by atoms with Gasteiger partial charge >= 0.3 is 0 Å². The predicted molar refractivity (Wildman–Crippen MR) is 227 cm³/mol. The number of alkyl halides is 1. The molecule has 9 rings (SSSR count). The first-order valence-corrected chi connectivity index (χ1v) is 21.3. The van der Waals surface area contributed by atoms with Crippen molar-refractivity contribution in [2.24, 2.45) is 5.92 Å². The number of benzene rings is 4. The van der Waals surface area contributed by atoms with E-state index in [9.17, 15) is 19.5 Å². The smallest absolute Gasteiger partial charge is 0.262 e. The summed E-state index contributed by atoms with van der Waals surface area (Å²) in [5.74, 6) is 0.188. The van der Waals surface area contributed by atoms with Crippen LogP contribution in [0.4, 0.5) is 10.1 Å². The Morgan fingerprint density at radius 3 is 2.20 bits per heavy atom. The molecule has 0 saturated carbocycles. The van der Waals surface area contributed by atoms with E-state index in [1.165, 1.54) is 35.0 Å². The van der Waals surface area contributed by atoms with Gasteiger partial charge in [0.1, 0.15) is 17.5 Å². The minimum atomic E-state index is -1.29. The van der Waals surface area contributed by atoms with E-state index in [2.05, 4.69) is 87.3 Å². The summed E-state index contributed by atoms with van der Waals surface area (Å²) in [4.78, 5) is 47.5. The van der Waals surface area contributed by atoms with E-state index < -0.39 is 23.5 Å². The summed E-state index contributed by atoms with van der Waals surface area (Å²) < 4.78 is 16.1. The number of fused-ring (bicyclic) bond motifs is 3. The van der Waals surface area contributed by atoms with Crippen molar-refractivity contribution in [1.29, 1.82) is 0 Å². The maximum absolute atomic E-state index is 16.1. The number of nitrogens with zero attached hydrogens (tertiary/aromatic N) is 4. The van der Waals surface area contributed by atoms with Crippen LogP contribution in [0, 0.1) is 5.92 Å². The molecule has 4 heterocycles. The first-order valence-electron chi connectivity index (χ1n) is 21.3. The summed E-state index contributed by atoms with van der Waals surface area (Å²) in [6.07, 6.45) is 6.64. The van der Waals surface area contributed by atoms with Crippen molar-refractivity contribution >= 4 is 23.4 Å². The molecule has 0 radical (unpaired) electrons. The molecule has 0 aromatic heterocycles. The van der Waals surface area contributed by atoms with Crippen LogP contribution in [-0.4, -0.2) is 95.6 Å².